The van der Waals surface area contributed by atoms with Crippen LogP contribution in [0.3, 0.4) is 0 Å². The summed E-state index contributed by atoms with van der Waals surface area (Å²) in [4.78, 5) is 71.6. The van der Waals surface area contributed by atoms with Crippen LogP contribution in [0.25, 0.3) is 22.2 Å². The average Bonchev–Trinajstić information content (AvgIpc) is 4.39. The first-order valence-corrected chi connectivity index (χ1v) is 31.1. The molecule has 5 saturated heterocycles. The van der Waals surface area contributed by atoms with Crippen LogP contribution in [0.15, 0.2) is 65.7 Å². The molecular formula is C62H83N9O8S. The number of methoxy groups -OCH3 is 1. The first kappa shape index (κ1) is 55.5. The average molecular weight is 1110 g/mol. The lowest BCUT2D eigenvalue weighted by Crippen LogP contribution is -2.62. The topological polar surface area (TPSA) is 177 Å². The van der Waals surface area contributed by atoms with Gasteiger partial charge >= 0.3 is 5.97 Å². The van der Waals surface area contributed by atoms with Crippen LogP contribution < -0.4 is 15.6 Å². The van der Waals surface area contributed by atoms with Crippen LogP contribution in [0.5, 0.6) is 0 Å². The Morgan fingerprint density at radius 1 is 0.975 bits per heavy atom. The highest BCUT2D eigenvalue weighted by Crippen LogP contribution is 2.52. The number of carbonyl (C=O) groups is 4. The van der Waals surface area contributed by atoms with Crippen molar-refractivity contribution >= 4 is 51.6 Å². The second-order valence-corrected chi connectivity index (χ2v) is 26.9. The van der Waals surface area contributed by atoms with Crippen LogP contribution in [-0.2, 0) is 57.7 Å². The number of benzene rings is 2. The van der Waals surface area contributed by atoms with Crippen LogP contribution in [0.4, 0.5) is 5.69 Å². The Morgan fingerprint density at radius 2 is 1.76 bits per heavy atom. The van der Waals surface area contributed by atoms with Gasteiger partial charge in [0.15, 0.2) is 10.9 Å². The molecule has 430 valence electrons. The van der Waals surface area contributed by atoms with E-state index in [9.17, 15) is 14.1 Å². The molecule has 18 heteroatoms. The van der Waals surface area contributed by atoms with Gasteiger partial charge in [-0.1, -0.05) is 44.4 Å². The smallest absolute Gasteiger partial charge is 0.324 e. The lowest BCUT2D eigenvalue weighted by atomic mass is 9.84. The molecule has 8 aliphatic rings. The SMILES string of the molecule is CCn1c(-c2cccnc2[C@H](C)OC)c2c3cc(ccc31)N1CCO[C@@H](C[C@H](NC(=O)[C@H](C3CCCC3)N3CC[C@]4(CCN(C(=O)[C@H]5[C@@H](C6CC6)N5[S@+]([O-])c5ccc(C)cc5)C4)C3)C(=O)N3CCC[C@H](N3)C(=O)OCC(C)(C)C2)C1. The number of anilines is 1. The van der Waals surface area contributed by atoms with Crippen molar-refractivity contribution in [1.82, 2.24) is 39.4 Å². The maximum Gasteiger partial charge on any atom is 0.324 e. The third kappa shape index (κ3) is 10.9. The zero-order valence-corrected chi connectivity index (χ0v) is 48.6. The Hall–Kier alpha value is -5.08. The molecule has 6 bridgehead atoms. The van der Waals surface area contributed by atoms with Crippen molar-refractivity contribution < 1.29 is 37.9 Å². The fraction of sp³-hybridized carbons (Fsp3) is 0.629. The summed E-state index contributed by atoms with van der Waals surface area (Å²) in [7, 11) is 1.71. The molecule has 7 fully saturated rings. The molecule has 2 saturated carbocycles. The van der Waals surface area contributed by atoms with E-state index in [1.807, 2.05) is 59.6 Å². The van der Waals surface area contributed by atoms with Gasteiger partial charge < -0.3 is 38.4 Å². The molecule has 10 atom stereocenters. The van der Waals surface area contributed by atoms with Gasteiger partial charge in [0.05, 0.1) is 60.3 Å². The molecule has 3 amide bonds. The lowest BCUT2D eigenvalue weighted by molar-refractivity contribution is -0.156. The van der Waals surface area contributed by atoms with Crippen molar-refractivity contribution in [2.24, 2.45) is 22.7 Å². The van der Waals surface area contributed by atoms with Crippen LogP contribution in [0, 0.1) is 29.6 Å². The number of morpholine rings is 1. The summed E-state index contributed by atoms with van der Waals surface area (Å²) in [6.45, 7) is 16.1. The number of aryl methyl sites for hydroxylation is 2. The number of hydrogen-bond acceptors (Lipinski definition) is 13. The maximum atomic E-state index is 15.4. The van der Waals surface area contributed by atoms with E-state index in [2.05, 4.69) is 70.1 Å². The van der Waals surface area contributed by atoms with Crippen LogP contribution >= 0.6 is 0 Å². The predicted molar refractivity (Wildman–Crippen MR) is 306 cm³/mol. The van der Waals surface area contributed by atoms with E-state index in [-0.39, 0.29) is 66.4 Å². The monoisotopic (exact) mass is 1110 g/mol. The molecule has 17 nitrogen and oxygen atoms in total. The summed E-state index contributed by atoms with van der Waals surface area (Å²) in [5.74, 6) is -0.213. The summed E-state index contributed by atoms with van der Waals surface area (Å²) in [5.41, 5.74) is 10.0. The Morgan fingerprint density at radius 3 is 2.52 bits per heavy atom. The molecule has 2 N–H and O–H groups in total. The number of aromatic nitrogens is 2. The normalized spacial score (nSPS) is 29.7. The highest BCUT2D eigenvalue weighted by Gasteiger charge is 2.67. The standard InChI is InChI=1S/C62H83N9O8S/c1-7-69-51-23-20-43-32-47(51)48(55(69)46-14-10-26-63-52(46)40(3)77-6)34-61(4,5)38-79-60(75)49-15-11-27-70(65-49)58(73)50(33-44-35-66(43)30-31-78-44)64-57(72)54(41-12-8-9-13-41)67-28-24-62(36-67)25-29-68(37-62)59(74)56-53(42-18-19-42)71(56)80(76)45-21-16-39(2)17-22-45/h10,14,16-17,20-23,26,32,40-42,44,49-50,53-54,56,65H,7-9,11-13,15,18-19,24-25,27-31,33-38H2,1-6H3,(H,64,72)/t40-,44-,49-,50-,53+,54-,56+,62-,71?,80+/m0/s1. The second-order valence-electron chi connectivity index (χ2n) is 25.5. The highest BCUT2D eigenvalue weighted by atomic mass is 32.2. The molecule has 80 heavy (non-hydrogen) atoms. The number of fused-ring (bicyclic) bond motifs is 6. The van der Waals surface area contributed by atoms with E-state index in [1.165, 1.54) is 0 Å². The molecule has 8 heterocycles. The van der Waals surface area contributed by atoms with E-state index in [0.29, 0.717) is 71.1 Å². The minimum Gasteiger partial charge on any atom is -0.593 e. The molecule has 4 aromatic rings. The largest absolute Gasteiger partial charge is 0.593 e. The summed E-state index contributed by atoms with van der Waals surface area (Å²) in [5, 5.41) is 6.05. The van der Waals surface area contributed by atoms with Gasteiger partial charge in [0.1, 0.15) is 12.1 Å². The minimum absolute atomic E-state index is 0.0138. The zero-order chi connectivity index (χ0) is 55.6. The third-order valence-electron chi connectivity index (χ3n) is 19.2. The number of nitrogens with one attached hydrogen (secondary N) is 2. The van der Waals surface area contributed by atoms with Crippen molar-refractivity contribution in [2.45, 2.75) is 166 Å². The molecule has 6 aliphatic heterocycles. The van der Waals surface area contributed by atoms with E-state index in [1.54, 1.807) is 12.1 Å². The summed E-state index contributed by atoms with van der Waals surface area (Å²) in [6, 6.07) is 16.1. The first-order chi connectivity index (χ1) is 38.6. The number of ether oxygens (including phenoxy) is 3. The van der Waals surface area contributed by atoms with Gasteiger partial charge in [-0.2, -0.15) is 0 Å². The maximum absolute atomic E-state index is 15.4. The molecule has 0 radical (unpaired) electrons. The number of cyclic esters (lactones) is 1. The molecule has 2 aromatic carbocycles. The number of rotatable bonds is 12. The van der Waals surface area contributed by atoms with Crippen molar-refractivity contribution in [1.29, 1.82) is 0 Å². The summed E-state index contributed by atoms with van der Waals surface area (Å²) >= 11 is -1.40. The number of nitrogens with zero attached hydrogens (tertiary/aromatic N) is 7. The van der Waals surface area contributed by atoms with Crippen molar-refractivity contribution in [3.8, 4) is 11.3 Å². The van der Waals surface area contributed by atoms with Gasteiger partial charge in [0.25, 0.3) is 5.91 Å². The molecule has 2 aromatic heterocycles. The van der Waals surface area contributed by atoms with Crippen LogP contribution in [-0.4, -0.2) is 159 Å². The van der Waals surface area contributed by atoms with Gasteiger partial charge in [-0.3, -0.25) is 34.1 Å². The van der Waals surface area contributed by atoms with Crippen LogP contribution in [0.1, 0.15) is 121 Å². The Bertz CT molecular complexity index is 2960. The van der Waals surface area contributed by atoms with Gasteiger partial charge in [-0.25, -0.2) is 5.43 Å². The lowest BCUT2D eigenvalue weighted by Gasteiger charge is -2.39. The number of esters is 1. The number of hydrogen-bond donors (Lipinski definition) is 2. The molecule has 1 spiro atoms. The molecule has 12 rings (SSSR count). The number of carbonyl (C=O) groups excluding carboxylic acids is 4. The molecule has 1 unspecified atom stereocenters. The van der Waals surface area contributed by atoms with E-state index in [0.717, 1.165) is 114 Å². The quantitative estimate of drug-likeness (QED) is 0.0835. The summed E-state index contributed by atoms with van der Waals surface area (Å²) in [6.07, 6.45) is 11.0. The minimum atomic E-state index is -1.40. The van der Waals surface area contributed by atoms with E-state index >= 15 is 9.59 Å². The zero-order valence-electron chi connectivity index (χ0n) is 47.8. The van der Waals surface area contributed by atoms with Gasteiger partial charge in [0, 0.05) is 98.5 Å². The van der Waals surface area contributed by atoms with Crippen LogP contribution in [0.2, 0.25) is 0 Å². The fourth-order valence-electron chi connectivity index (χ4n) is 14.7. The highest BCUT2D eigenvalue weighted by molar-refractivity contribution is 7.89. The number of amides is 3. The number of pyridine rings is 1. The van der Waals surface area contributed by atoms with Gasteiger partial charge in [-0.15, -0.1) is 4.31 Å². The van der Waals surface area contributed by atoms with Crippen molar-refractivity contribution in [2.75, 3.05) is 71.0 Å². The Balaban J connectivity index is 0.808. The third-order valence-corrected chi connectivity index (χ3v) is 20.7. The number of hydrazine groups is 1. The fourth-order valence-corrected chi connectivity index (χ4v) is 16.2. The predicted octanol–water partition coefficient (Wildman–Crippen LogP) is 7.11. The second kappa shape index (κ2) is 22.6. The first-order valence-electron chi connectivity index (χ1n) is 30.0. The van der Waals surface area contributed by atoms with Crippen molar-refractivity contribution in [3.63, 3.8) is 0 Å². The van der Waals surface area contributed by atoms with Crippen molar-refractivity contribution in [3.05, 3.63) is 77.6 Å². The summed E-state index contributed by atoms with van der Waals surface area (Å²) < 4.78 is 36.9. The number of likely N-dealkylation sites (tertiary alicyclic amines) is 2. The Labute approximate surface area is 475 Å². The molecular weight excluding hydrogens is 1030 g/mol. The Kier molecular flexibility index (Phi) is 15.7. The molecule has 2 aliphatic carbocycles. The van der Waals surface area contributed by atoms with E-state index in [4.69, 9.17) is 19.2 Å². The van der Waals surface area contributed by atoms with Gasteiger partial charge in [-0.05, 0) is 145 Å². The van der Waals surface area contributed by atoms with E-state index < -0.39 is 40.9 Å². The van der Waals surface area contributed by atoms with Gasteiger partial charge in [0.2, 0.25) is 11.8 Å².